The van der Waals surface area contributed by atoms with Crippen LogP contribution in [0.2, 0.25) is 0 Å². The van der Waals surface area contributed by atoms with E-state index in [4.69, 9.17) is 18.9 Å². The number of benzene rings is 6. The Morgan fingerprint density at radius 1 is 0.422 bits per heavy atom. The number of hydrogen-bond acceptors (Lipinski definition) is 14. The summed E-state index contributed by atoms with van der Waals surface area (Å²) in [6.45, 7) is 3.72. The van der Waals surface area contributed by atoms with Gasteiger partial charge >= 0.3 is 0 Å². The molecule has 0 amide bonds. The topological polar surface area (TPSA) is 205 Å². The molecule has 0 spiro atoms. The van der Waals surface area contributed by atoms with Crippen LogP contribution in [0.4, 0.5) is 34.6 Å². The molecule has 8 rings (SSSR count). The molecule has 0 saturated heterocycles. The molecule has 0 bridgehead atoms. The summed E-state index contributed by atoms with van der Waals surface area (Å²) in [7, 11) is -1.57. The van der Waals surface area contributed by atoms with E-state index in [1.54, 1.807) is 126 Å². The minimum absolute atomic E-state index is 0.0640. The number of para-hydroxylation sites is 4. The molecule has 2 aromatic heterocycles. The molecule has 0 unspecified atom stereocenters. The first-order valence-electron chi connectivity index (χ1n) is 19.5. The maximum Gasteiger partial charge on any atom is 0.263 e. The number of fused-ring (bicyclic) bond motifs is 2. The van der Waals surface area contributed by atoms with E-state index < -0.39 is 20.0 Å². The third-order valence-electron chi connectivity index (χ3n) is 9.51. The quantitative estimate of drug-likeness (QED) is 0.0804. The van der Waals surface area contributed by atoms with Crippen molar-refractivity contribution in [3.05, 3.63) is 145 Å². The average Bonchev–Trinajstić information content (AvgIpc) is 3.29. The van der Waals surface area contributed by atoms with Crippen LogP contribution in [0.25, 0.3) is 22.1 Å². The van der Waals surface area contributed by atoms with Gasteiger partial charge in [-0.2, -0.15) is 0 Å². The average molecular weight is 901 g/mol. The number of aryl methyl sites for hydroxylation is 2. The third-order valence-corrected chi connectivity index (χ3v) is 12.2. The van der Waals surface area contributed by atoms with Gasteiger partial charge in [0.1, 0.15) is 23.0 Å². The van der Waals surface area contributed by atoms with Crippen LogP contribution in [0.5, 0.6) is 23.0 Å². The Hall–Kier alpha value is -7.70. The zero-order valence-corrected chi connectivity index (χ0v) is 37.2. The zero-order valence-electron chi connectivity index (χ0n) is 35.6. The van der Waals surface area contributed by atoms with Gasteiger partial charge in [0.05, 0.1) is 66.0 Å². The summed E-state index contributed by atoms with van der Waals surface area (Å²) in [5.41, 5.74) is 5.27. The number of hydrogen-bond donors (Lipinski definition) is 4. The summed E-state index contributed by atoms with van der Waals surface area (Å²) >= 11 is 0. The van der Waals surface area contributed by atoms with Crippen LogP contribution in [0.1, 0.15) is 11.1 Å². The number of anilines is 6. The molecule has 64 heavy (non-hydrogen) atoms. The smallest absolute Gasteiger partial charge is 0.263 e. The third kappa shape index (κ3) is 10.5. The van der Waals surface area contributed by atoms with Crippen molar-refractivity contribution < 1.29 is 35.8 Å². The number of methoxy groups -OCH3 is 4. The van der Waals surface area contributed by atoms with Crippen LogP contribution in [-0.2, 0) is 20.0 Å². The largest absolute Gasteiger partial charge is 0.497 e. The first-order chi connectivity index (χ1) is 30.8. The van der Waals surface area contributed by atoms with Crippen LogP contribution >= 0.6 is 0 Å². The second kappa shape index (κ2) is 19.1. The van der Waals surface area contributed by atoms with Gasteiger partial charge in [0, 0.05) is 30.0 Å². The minimum atomic E-state index is -3.89. The van der Waals surface area contributed by atoms with Gasteiger partial charge in [0.15, 0.2) is 23.3 Å². The molecule has 328 valence electrons. The molecule has 0 radical (unpaired) electrons. The van der Waals surface area contributed by atoms with Gasteiger partial charge in [0.25, 0.3) is 20.0 Å². The lowest BCUT2D eigenvalue weighted by atomic mass is 10.2. The predicted octanol–water partition coefficient (Wildman–Crippen LogP) is 9.00. The summed E-state index contributed by atoms with van der Waals surface area (Å²) in [4.78, 5) is 18.5. The highest BCUT2D eigenvalue weighted by atomic mass is 32.2. The highest BCUT2D eigenvalue weighted by molar-refractivity contribution is 7.93. The number of aromatic nitrogens is 4. The Labute approximate surface area is 370 Å². The van der Waals surface area contributed by atoms with Crippen LogP contribution in [0, 0.1) is 13.8 Å². The van der Waals surface area contributed by atoms with E-state index >= 15 is 0 Å². The van der Waals surface area contributed by atoms with Crippen molar-refractivity contribution in [3.8, 4) is 23.0 Å². The van der Waals surface area contributed by atoms with Gasteiger partial charge in [-0.3, -0.25) is 9.44 Å². The molecule has 0 fully saturated rings. The van der Waals surface area contributed by atoms with Crippen molar-refractivity contribution >= 4 is 76.8 Å². The van der Waals surface area contributed by atoms with E-state index in [9.17, 15) is 16.8 Å². The van der Waals surface area contributed by atoms with Crippen molar-refractivity contribution in [2.24, 2.45) is 0 Å². The fraction of sp³-hybridized carbons (Fsp3) is 0.130. The highest BCUT2D eigenvalue weighted by Gasteiger charge is 2.22. The van der Waals surface area contributed by atoms with Crippen LogP contribution < -0.4 is 39.0 Å². The summed E-state index contributed by atoms with van der Waals surface area (Å²) in [6.07, 6.45) is 0. The molecule has 18 heteroatoms. The van der Waals surface area contributed by atoms with Gasteiger partial charge in [-0.25, -0.2) is 36.8 Å². The number of sulfonamides is 2. The molecule has 2 heterocycles. The molecule has 0 atom stereocenters. The normalized spacial score (nSPS) is 11.2. The molecule has 0 aliphatic heterocycles. The van der Waals surface area contributed by atoms with Crippen molar-refractivity contribution in [3.63, 3.8) is 0 Å². The monoisotopic (exact) mass is 900 g/mol. The number of nitrogens with one attached hydrogen (secondary N) is 4. The Kier molecular flexibility index (Phi) is 13.3. The Morgan fingerprint density at radius 3 is 1.42 bits per heavy atom. The van der Waals surface area contributed by atoms with Gasteiger partial charge in [-0.1, -0.05) is 54.1 Å². The predicted molar refractivity (Wildman–Crippen MR) is 249 cm³/mol. The van der Waals surface area contributed by atoms with Crippen molar-refractivity contribution in [1.82, 2.24) is 19.9 Å². The van der Waals surface area contributed by atoms with E-state index in [0.29, 0.717) is 56.4 Å². The Balaban J connectivity index is 0.000000191. The van der Waals surface area contributed by atoms with Crippen molar-refractivity contribution in [2.75, 3.05) is 48.5 Å². The maximum absolute atomic E-state index is 13.0. The Bertz CT molecular complexity index is 3170. The fourth-order valence-corrected chi connectivity index (χ4v) is 8.37. The molecule has 0 saturated carbocycles. The molecular weight excluding hydrogens is 857 g/mol. The standard InChI is InChI=1S/2C23H22N4O4S/c1-15-7-6-8-19(11-15)32(28,29)27-23-22(25-20-9-4-5-10-21(20)26-23)24-16-12-17(30-2)14-18(13-16)31-3;1-15-8-11-17(12-9-15)32(28,29)27-23-22(24-18-6-4-5-7-19(18)25-23)26-20-14-16(30-2)10-13-21(20)31-3/h4-14H,1-3H3,(H,24,25)(H,26,27);4-14H,1-3H3,(H,24,26)(H,25,27). The van der Waals surface area contributed by atoms with E-state index in [1.807, 2.05) is 44.2 Å². The first kappa shape index (κ1) is 44.4. The molecule has 8 aromatic rings. The molecular formula is C46H44N8O8S2. The van der Waals surface area contributed by atoms with Crippen LogP contribution in [0.3, 0.4) is 0 Å². The van der Waals surface area contributed by atoms with Gasteiger partial charge in [-0.05, 0) is 80.1 Å². The van der Waals surface area contributed by atoms with Crippen molar-refractivity contribution in [1.29, 1.82) is 0 Å². The van der Waals surface area contributed by atoms with E-state index in [-0.39, 0.29) is 33.1 Å². The highest BCUT2D eigenvalue weighted by Crippen LogP contribution is 2.35. The number of rotatable bonds is 14. The van der Waals surface area contributed by atoms with Gasteiger partial charge < -0.3 is 29.6 Å². The van der Waals surface area contributed by atoms with E-state index in [2.05, 4.69) is 40.0 Å². The molecule has 4 N–H and O–H groups in total. The number of ether oxygens (including phenoxy) is 4. The zero-order chi connectivity index (χ0) is 45.4. The summed E-state index contributed by atoms with van der Waals surface area (Å²) in [6, 6.07) is 38.1. The van der Waals surface area contributed by atoms with Gasteiger partial charge in [0.2, 0.25) is 0 Å². The van der Waals surface area contributed by atoms with Crippen LogP contribution in [-0.4, -0.2) is 65.2 Å². The molecule has 16 nitrogen and oxygen atoms in total. The van der Waals surface area contributed by atoms with E-state index in [1.165, 1.54) is 6.07 Å². The second-order valence-corrected chi connectivity index (χ2v) is 17.4. The summed E-state index contributed by atoms with van der Waals surface area (Å²) in [5, 5.41) is 6.28. The fourth-order valence-electron chi connectivity index (χ4n) is 6.24. The molecule has 6 aromatic carbocycles. The minimum Gasteiger partial charge on any atom is -0.497 e. The van der Waals surface area contributed by atoms with Crippen molar-refractivity contribution in [2.45, 2.75) is 23.6 Å². The summed E-state index contributed by atoms with van der Waals surface area (Å²) < 4.78 is 78.6. The first-order valence-corrected chi connectivity index (χ1v) is 22.5. The summed E-state index contributed by atoms with van der Waals surface area (Å²) in [5.74, 6) is 2.89. The van der Waals surface area contributed by atoms with Crippen LogP contribution in [0.15, 0.2) is 143 Å². The SMILES string of the molecule is COc1cc(Nc2nc3ccccc3nc2NS(=O)(=O)c2cccc(C)c2)cc(OC)c1.COc1ccc(OC)c(Nc2nc3ccccc3nc2NS(=O)(=O)c2ccc(C)cc2)c1. The molecule has 0 aliphatic carbocycles. The lowest BCUT2D eigenvalue weighted by molar-refractivity contribution is 0.395. The number of nitrogens with zero attached hydrogens (tertiary/aromatic N) is 4. The Morgan fingerprint density at radius 2 is 0.922 bits per heavy atom. The molecule has 0 aliphatic rings. The lowest BCUT2D eigenvalue weighted by Gasteiger charge is -2.16. The van der Waals surface area contributed by atoms with E-state index in [0.717, 1.165) is 11.1 Å². The van der Waals surface area contributed by atoms with Gasteiger partial charge in [-0.15, -0.1) is 0 Å². The maximum atomic E-state index is 13.0. The lowest BCUT2D eigenvalue weighted by Crippen LogP contribution is -2.16. The second-order valence-electron chi connectivity index (χ2n) is 14.1.